The molecular weight excluding hydrogens is 457 g/mol. The molecule has 192 valence electrons. The maximum atomic E-state index is 13.0. The molecule has 0 aromatic heterocycles. The maximum absolute atomic E-state index is 13.0. The van der Waals surface area contributed by atoms with Gasteiger partial charge in [-0.2, -0.15) is 0 Å². The van der Waals surface area contributed by atoms with Gasteiger partial charge >= 0.3 is 0 Å². The molecule has 0 aliphatic heterocycles. The van der Waals surface area contributed by atoms with E-state index in [2.05, 4.69) is 62.6 Å². The van der Waals surface area contributed by atoms with E-state index in [0.29, 0.717) is 40.0 Å². The first-order chi connectivity index (χ1) is 15.8. The van der Waals surface area contributed by atoms with Crippen LogP contribution in [0.1, 0.15) is 106 Å². The molecule has 5 aliphatic rings. The Kier molecular flexibility index (Phi) is 6.09. The van der Waals surface area contributed by atoms with Crippen LogP contribution >= 0.6 is 21.0 Å². The van der Waals surface area contributed by atoms with Gasteiger partial charge in [0.2, 0.25) is 5.24 Å². The summed E-state index contributed by atoms with van der Waals surface area (Å²) in [5, 5.41) is 3.55. The minimum atomic E-state index is -0.301. The molecular formula is C30H49ClNOP. The van der Waals surface area contributed by atoms with Crippen molar-refractivity contribution in [1.82, 2.24) is 5.09 Å². The van der Waals surface area contributed by atoms with Crippen LogP contribution in [-0.2, 0) is 4.79 Å². The first-order valence-corrected chi connectivity index (χ1v) is 15.1. The average molecular weight is 506 g/mol. The number of halogens is 1. The molecule has 4 heteroatoms. The summed E-state index contributed by atoms with van der Waals surface area (Å²) in [6, 6.07) is 0.590. The third-order valence-corrected chi connectivity index (χ3v) is 14.5. The van der Waals surface area contributed by atoms with Crippen LogP contribution in [0.2, 0.25) is 0 Å². The van der Waals surface area contributed by atoms with E-state index in [-0.39, 0.29) is 16.1 Å². The number of carbonyl (C=O) groups excluding carboxylic acids is 1. The first kappa shape index (κ1) is 25.7. The predicted octanol–water partition coefficient (Wildman–Crippen LogP) is 8.16. The highest BCUT2D eigenvalue weighted by Gasteiger charge is 2.71. The molecule has 1 N–H and O–H groups in total. The van der Waals surface area contributed by atoms with Gasteiger partial charge in [0.05, 0.1) is 0 Å². The van der Waals surface area contributed by atoms with E-state index in [1.807, 2.05) is 0 Å². The molecule has 0 aromatic carbocycles. The topological polar surface area (TPSA) is 29.1 Å². The van der Waals surface area contributed by atoms with Gasteiger partial charge in [0.25, 0.3) is 0 Å². The van der Waals surface area contributed by atoms with E-state index in [1.165, 1.54) is 50.5 Å². The zero-order chi connectivity index (χ0) is 24.9. The van der Waals surface area contributed by atoms with Gasteiger partial charge in [-0.25, -0.2) is 0 Å². The van der Waals surface area contributed by atoms with Crippen molar-refractivity contribution in [2.75, 3.05) is 0 Å². The van der Waals surface area contributed by atoms with Crippen molar-refractivity contribution in [2.24, 2.45) is 56.7 Å². The predicted molar refractivity (Wildman–Crippen MR) is 146 cm³/mol. The fourth-order valence-corrected chi connectivity index (χ4v) is 12.7. The van der Waals surface area contributed by atoms with Crippen molar-refractivity contribution < 1.29 is 4.79 Å². The average Bonchev–Trinajstić information content (AvgIpc) is 3.15. The molecule has 5 rings (SSSR count). The fourth-order valence-electron chi connectivity index (χ4n) is 11.8. The zero-order valence-corrected chi connectivity index (χ0v) is 24.5. The van der Waals surface area contributed by atoms with Crippen LogP contribution < -0.4 is 5.09 Å². The smallest absolute Gasteiger partial charge is 0.228 e. The standard InChI is InChI=1S/C30H49ClNOP/c1-18(2)19-10-15-30(25(31)33)17-16-28(6)20(24(19)30)8-9-22-27(5)13-12-23(32-34)26(3,4)21(27)11-14-29(22,28)7/h19-24,32H,1,8-17,34H2,2-7H3/t19?,20?,21-,22+,23-,24?,27?,28+,29+,30-/m0/s1. The Morgan fingerprint density at radius 3 is 2.21 bits per heavy atom. The third kappa shape index (κ3) is 3.04. The van der Waals surface area contributed by atoms with Crippen molar-refractivity contribution in [3.63, 3.8) is 0 Å². The minimum absolute atomic E-state index is 0.0451. The molecule has 34 heavy (non-hydrogen) atoms. The summed E-state index contributed by atoms with van der Waals surface area (Å²) in [6.07, 6.45) is 12.1. The van der Waals surface area contributed by atoms with Crippen LogP contribution in [0, 0.1) is 56.7 Å². The molecule has 5 fully saturated rings. The Morgan fingerprint density at radius 2 is 1.59 bits per heavy atom. The molecule has 0 bridgehead atoms. The number of hydrogen-bond acceptors (Lipinski definition) is 2. The monoisotopic (exact) mass is 505 g/mol. The highest BCUT2D eigenvalue weighted by Crippen LogP contribution is 2.77. The van der Waals surface area contributed by atoms with Gasteiger partial charge in [0.1, 0.15) is 0 Å². The highest BCUT2D eigenvalue weighted by molar-refractivity contribution is 7.13. The molecule has 0 radical (unpaired) electrons. The Balaban J connectivity index is 1.55. The summed E-state index contributed by atoms with van der Waals surface area (Å²) in [7, 11) is 2.81. The van der Waals surface area contributed by atoms with Crippen molar-refractivity contribution in [2.45, 2.75) is 112 Å². The van der Waals surface area contributed by atoms with Crippen LogP contribution in [0.5, 0.6) is 0 Å². The van der Waals surface area contributed by atoms with Crippen LogP contribution in [0.25, 0.3) is 0 Å². The van der Waals surface area contributed by atoms with Crippen molar-refractivity contribution in [3.8, 4) is 0 Å². The van der Waals surface area contributed by atoms with E-state index in [1.54, 1.807) is 0 Å². The van der Waals surface area contributed by atoms with Gasteiger partial charge in [-0.3, -0.25) is 9.88 Å². The molecule has 5 unspecified atom stereocenters. The van der Waals surface area contributed by atoms with Crippen molar-refractivity contribution in [1.29, 1.82) is 0 Å². The lowest BCUT2D eigenvalue weighted by Crippen LogP contribution is -2.67. The first-order valence-electron chi connectivity index (χ1n) is 14.1. The molecule has 0 amide bonds. The second kappa shape index (κ2) is 8.04. The molecule has 2 nitrogen and oxygen atoms in total. The Bertz CT molecular complexity index is 887. The summed E-state index contributed by atoms with van der Waals surface area (Å²) in [4.78, 5) is 13.0. The number of fused-ring (bicyclic) bond motifs is 7. The van der Waals surface area contributed by atoms with E-state index in [9.17, 15) is 4.79 Å². The van der Waals surface area contributed by atoms with Gasteiger partial charge in [-0.05, 0) is 134 Å². The normalized spacial score (nSPS) is 53.8. The molecule has 0 heterocycles. The van der Waals surface area contributed by atoms with E-state index in [4.69, 9.17) is 11.6 Å². The number of nitrogens with one attached hydrogen (secondary N) is 1. The van der Waals surface area contributed by atoms with Crippen LogP contribution in [0.4, 0.5) is 0 Å². The second-order valence-electron chi connectivity index (χ2n) is 14.7. The lowest BCUT2D eigenvalue weighted by molar-refractivity contribution is -0.236. The van der Waals surface area contributed by atoms with Crippen molar-refractivity contribution >= 4 is 26.2 Å². The number of allylic oxidation sites excluding steroid dienone is 1. The van der Waals surface area contributed by atoms with Gasteiger partial charge < -0.3 is 0 Å². The van der Waals surface area contributed by atoms with Gasteiger partial charge in [-0.15, -0.1) is 0 Å². The number of hydrogen-bond donors (Lipinski definition) is 1. The zero-order valence-electron chi connectivity index (χ0n) is 22.6. The Hall–Kier alpha value is 0.0900. The van der Waals surface area contributed by atoms with Crippen LogP contribution in [-0.4, -0.2) is 11.3 Å². The van der Waals surface area contributed by atoms with E-state index < -0.39 is 0 Å². The number of carbonyl (C=O) groups is 1. The Labute approximate surface area is 216 Å². The SMILES string of the molecule is C=C(C)C1CC[C@]2(C(=O)Cl)CC[C@]3(C)C(CC[C@@H]4C5(C)CC[C@H](NP)C(C)(C)[C@@H]5CC[C@]43C)C12. The van der Waals surface area contributed by atoms with E-state index in [0.717, 1.165) is 31.1 Å². The van der Waals surface area contributed by atoms with Crippen molar-refractivity contribution in [3.05, 3.63) is 12.2 Å². The Morgan fingerprint density at radius 1 is 0.882 bits per heavy atom. The van der Waals surface area contributed by atoms with Crippen LogP contribution in [0.3, 0.4) is 0 Å². The number of rotatable bonds is 3. The second-order valence-corrected chi connectivity index (χ2v) is 15.4. The molecule has 5 aliphatic carbocycles. The molecule has 0 aromatic rings. The molecule has 0 saturated heterocycles. The maximum Gasteiger partial charge on any atom is 0.228 e. The summed E-state index contributed by atoms with van der Waals surface area (Å²) in [6.45, 7) is 19.7. The van der Waals surface area contributed by atoms with Gasteiger partial charge in [-0.1, -0.05) is 56.2 Å². The van der Waals surface area contributed by atoms with Gasteiger partial charge in [0.15, 0.2) is 0 Å². The quantitative estimate of drug-likeness (QED) is 0.238. The minimum Gasteiger partial charge on any atom is -0.297 e. The van der Waals surface area contributed by atoms with Gasteiger partial charge in [0, 0.05) is 11.5 Å². The summed E-state index contributed by atoms with van der Waals surface area (Å²) in [5.41, 5.74) is 2.32. The molecule has 5 saturated carbocycles. The molecule has 0 spiro atoms. The molecule has 11 atom stereocenters. The summed E-state index contributed by atoms with van der Waals surface area (Å²) < 4.78 is 0. The summed E-state index contributed by atoms with van der Waals surface area (Å²) >= 11 is 6.46. The largest absolute Gasteiger partial charge is 0.297 e. The summed E-state index contributed by atoms with van der Waals surface area (Å²) in [5.74, 6) is 2.99. The third-order valence-electron chi connectivity index (χ3n) is 13.7. The van der Waals surface area contributed by atoms with E-state index >= 15 is 0 Å². The fraction of sp³-hybridized carbons (Fsp3) is 0.900. The lowest BCUT2D eigenvalue weighted by Gasteiger charge is -2.73. The van der Waals surface area contributed by atoms with Crippen LogP contribution in [0.15, 0.2) is 12.2 Å². The highest BCUT2D eigenvalue weighted by atomic mass is 35.5. The lowest BCUT2D eigenvalue weighted by atomic mass is 9.32.